The molecule has 0 saturated carbocycles. The fourth-order valence-corrected chi connectivity index (χ4v) is 1.28. The highest BCUT2D eigenvalue weighted by atomic mass is 32.1. The molecule has 1 aromatic carbocycles. The molecule has 0 aromatic heterocycles. The molecule has 4 nitrogen and oxygen atoms in total. The number of hydrogen-bond donors (Lipinski definition) is 3. The zero-order chi connectivity index (χ0) is 12.8. The van der Waals surface area contributed by atoms with Crippen molar-refractivity contribution in [2.75, 3.05) is 5.75 Å². The van der Waals surface area contributed by atoms with E-state index < -0.39 is 11.9 Å². The molecule has 0 heterocycles. The lowest BCUT2D eigenvalue weighted by atomic mass is 10.1. The molecule has 0 atom stereocenters. The van der Waals surface area contributed by atoms with Gasteiger partial charge in [-0.3, -0.25) is 0 Å². The van der Waals surface area contributed by atoms with Crippen LogP contribution in [0.2, 0.25) is 0 Å². The molecule has 1 aromatic rings. The number of carboxylic acid groups (broad SMARTS) is 2. The smallest absolute Gasteiger partial charge is 0.335 e. The molecule has 88 valence electrons. The fraction of sp³-hybridized carbons (Fsp3) is 0.167. The van der Waals surface area contributed by atoms with Crippen molar-refractivity contribution in [1.82, 2.24) is 0 Å². The molecular formula is C12H10O4S. The predicted molar refractivity (Wildman–Crippen MR) is 65.7 cm³/mol. The number of carbonyl (C=O) groups is 2. The number of rotatable bonds is 3. The lowest BCUT2D eigenvalue weighted by Crippen LogP contribution is -2.03. The third-order valence-corrected chi connectivity index (χ3v) is 2.12. The summed E-state index contributed by atoms with van der Waals surface area (Å²) in [6.07, 6.45) is 0.558. The van der Waals surface area contributed by atoms with Gasteiger partial charge in [0.15, 0.2) is 0 Å². The number of hydrogen-bond acceptors (Lipinski definition) is 3. The molecule has 1 rings (SSSR count). The van der Waals surface area contributed by atoms with Gasteiger partial charge in [-0.2, -0.15) is 12.6 Å². The molecule has 0 radical (unpaired) electrons. The van der Waals surface area contributed by atoms with Crippen molar-refractivity contribution in [2.45, 2.75) is 6.42 Å². The molecule has 0 amide bonds. The van der Waals surface area contributed by atoms with E-state index in [0.717, 1.165) is 6.07 Å². The average Bonchev–Trinajstić information content (AvgIpc) is 2.29. The Morgan fingerprint density at radius 3 is 2.06 bits per heavy atom. The van der Waals surface area contributed by atoms with E-state index in [0.29, 0.717) is 17.7 Å². The summed E-state index contributed by atoms with van der Waals surface area (Å²) >= 11 is 3.98. The van der Waals surface area contributed by atoms with Crippen LogP contribution >= 0.6 is 12.6 Å². The number of carboxylic acids is 2. The van der Waals surface area contributed by atoms with Gasteiger partial charge in [-0.05, 0) is 18.2 Å². The second-order valence-electron chi connectivity index (χ2n) is 3.18. The van der Waals surface area contributed by atoms with E-state index in [9.17, 15) is 9.59 Å². The first-order valence-corrected chi connectivity index (χ1v) is 5.39. The number of aromatic carboxylic acids is 2. The third-order valence-electron chi connectivity index (χ3n) is 1.90. The Labute approximate surface area is 104 Å². The van der Waals surface area contributed by atoms with E-state index >= 15 is 0 Å². The minimum absolute atomic E-state index is 0.0833. The second-order valence-corrected chi connectivity index (χ2v) is 3.63. The Morgan fingerprint density at radius 1 is 1.12 bits per heavy atom. The van der Waals surface area contributed by atoms with Gasteiger partial charge in [0.1, 0.15) is 0 Å². The van der Waals surface area contributed by atoms with E-state index in [2.05, 4.69) is 24.5 Å². The number of thiol groups is 1. The summed E-state index contributed by atoms with van der Waals surface area (Å²) in [5, 5.41) is 17.7. The molecule has 0 fully saturated rings. The van der Waals surface area contributed by atoms with Gasteiger partial charge in [-0.25, -0.2) is 9.59 Å². The molecule has 0 unspecified atom stereocenters. The Morgan fingerprint density at radius 2 is 1.65 bits per heavy atom. The Balaban J connectivity index is 3.18. The fourth-order valence-electron chi connectivity index (χ4n) is 1.17. The van der Waals surface area contributed by atoms with Crippen LogP contribution in [-0.4, -0.2) is 27.9 Å². The van der Waals surface area contributed by atoms with Crippen molar-refractivity contribution in [1.29, 1.82) is 0 Å². The lowest BCUT2D eigenvalue weighted by molar-refractivity contribution is 0.0696. The summed E-state index contributed by atoms with van der Waals surface area (Å²) in [6.45, 7) is 0. The molecule has 0 bridgehead atoms. The first-order chi connectivity index (χ1) is 8.04. The maximum Gasteiger partial charge on any atom is 0.335 e. The first-order valence-electron chi connectivity index (χ1n) is 4.76. The van der Waals surface area contributed by atoms with Crippen molar-refractivity contribution in [3.8, 4) is 11.8 Å². The maximum absolute atomic E-state index is 10.8. The minimum atomic E-state index is -1.18. The van der Waals surface area contributed by atoms with Gasteiger partial charge in [0.05, 0.1) is 11.1 Å². The second kappa shape index (κ2) is 5.97. The van der Waals surface area contributed by atoms with Crippen LogP contribution < -0.4 is 0 Å². The molecule has 0 aliphatic heterocycles. The molecule has 0 aliphatic carbocycles. The Hall–Kier alpha value is -1.93. The Kier molecular flexibility index (Phi) is 4.61. The van der Waals surface area contributed by atoms with Gasteiger partial charge in [0.25, 0.3) is 0 Å². The molecule has 2 N–H and O–H groups in total. The van der Waals surface area contributed by atoms with Crippen LogP contribution in [0.25, 0.3) is 0 Å². The van der Waals surface area contributed by atoms with Gasteiger partial charge >= 0.3 is 11.9 Å². The van der Waals surface area contributed by atoms with Crippen LogP contribution in [0, 0.1) is 11.8 Å². The molecule has 0 spiro atoms. The standard InChI is InChI=1S/C12H10O4S/c13-11(14)9-5-8(3-1-2-4-17)6-10(7-9)12(15)16/h5-7,17H,2,4H2,(H,13,14)(H,15,16). The van der Waals surface area contributed by atoms with E-state index in [1.54, 1.807) is 0 Å². The molecule has 5 heteroatoms. The molecule has 17 heavy (non-hydrogen) atoms. The van der Waals surface area contributed by atoms with Crippen molar-refractivity contribution in [3.05, 3.63) is 34.9 Å². The van der Waals surface area contributed by atoms with Crippen LogP contribution in [0.3, 0.4) is 0 Å². The van der Waals surface area contributed by atoms with E-state index in [1.807, 2.05) is 0 Å². The topological polar surface area (TPSA) is 74.6 Å². The van der Waals surface area contributed by atoms with Gasteiger partial charge < -0.3 is 10.2 Å². The molecule has 0 saturated heterocycles. The highest BCUT2D eigenvalue weighted by Crippen LogP contribution is 2.10. The minimum Gasteiger partial charge on any atom is -0.478 e. The van der Waals surface area contributed by atoms with Crippen molar-refractivity contribution >= 4 is 24.6 Å². The molecular weight excluding hydrogens is 240 g/mol. The zero-order valence-electron chi connectivity index (χ0n) is 8.80. The summed E-state index contributed by atoms with van der Waals surface area (Å²) in [5.41, 5.74) is 0.212. The van der Waals surface area contributed by atoms with Crippen molar-refractivity contribution in [2.24, 2.45) is 0 Å². The summed E-state index contributed by atoms with van der Waals surface area (Å²) in [4.78, 5) is 21.6. The molecule has 0 aliphatic rings. The van der Waals surface area contributed by atoms with Crippen molar-refractivity contribution < 1.29 is 19.8 Å². The average molecular weight is 250 g/mol. The normalized spacial score (nSPS) is 9.24. The van der Waals surface area contributed by atoms with Crippen LogP contribution in [0.5, 0.6) is 0 Å². The maximum atomic E-state index is 10.8. The largest absolute Gasteiger partial charge is 0.478 e. The summed E-state index contributed by atoms with van der Waals surface area (Å²) in [7, 11) is 0. The van der Waals surface area contributed by atoms with E-state index in [-0.39, 0.29) is 11.1 Å². The zero-order valence-corrected chi connectivity index (χ0v) is 9.70. The monoisotopic (exact) mass is 250 g/mol. The third kappa shape index (κ3) is 3.85. The highest BCUT2D eigenvalue weighted by molar-refractivity contribution is 7.80. The van der Waals surface area contributed by atoms with Crippen LogP contribution in [-0.2, 0) is 0 Å². The predicted octanol–water partition coefficient (Wildman–Crippen LogP) is 1.75. The summed E-state index contributed by atoms with van der Waals surface area (Å²) < 4.78 is 0. The van der Waals surface area contributed by atoms with Gasteiger partial charge in [-0.1, -0.05) is 11.8 Å². The summed E-state index contributed by atoms with van der Waals surface area (Å²) in [6, 6.07) is 3.80. The lowest BCUT2D eigenvalue weighted by Gasteiger charge is -1.99. The number of benzene rings is 1. The first kappa shape index (κ1) is 13.1. The Bertz CT molecular complexity index is 479. The van der Waals surface area contributed by atoms with E-state index in [4.69, 9.17) is 10.2 Å². The van der Waals surface area contributed by atoms with Gasteiger partial charge in [0, 0.05) is 17.7 Å². The van der Waals surface area contributed by atoms with Crippen LogP contribution in [0.4, 0.5) is 0 Å². The van der Waals surface area contributed by atoms with Crippen LogP contribution in [0.1, 0.15) is 32.7 Å². The highest BCUT2D eigenvalue weighted by Gasteiger charge is 2.10. The van der Waals surface area contributed by atoms with Gasteiger partial charge in [-0.15, -0.1) is 0 Å². The quantitative estimate of drug-likeness (QED) is 0.564. The summed E-state index contributed by atoms with van der Waals surface area (Å²) in [5.74, 6) is 3.73. The SMILES string of the molecule is O=C(O)c1cc(C#CCCS)cc(C(=O)O)c1. The van der Waals surface area contributed by atoms with E-state index in [1.165, 1.54) is 12.1 Å². The van der Waals surface area contributed by atoms with Crippen molar-refractivity contribution in [3.63, 3.8) is 0 Å². The van der Waals surface area contributed by atoms with Gasteiger partial charge in [0.2, 0.25) is 0 Å². The van der Waals surface area contributed by atoms with Crippen LogP contribution in [0.15, 0.2) is 18.2 Å².